The molecule has 0 saturated carbocycles. The van der Waals surface area contributed by atoms with Crippen molar-refractivity contribution in [3.05, 3.63) is 18.5 Å². The zero-order valence-corrected chi connectivity index (χ0v) is 11.5. The van der Waals surface area contributed by atoms with E-state index in [-0.39, 0.29) is 18.6 Å². The van der Waals surface area contributed by atoms with E-state index in [0.29, 0.717) is 32.3 Å². The third-order valence-electron chi connectivity index (χ3n) is 3.48. The summed E-state index contributed by atoms with van der Waals surface area (Å²) in [5.41, 5.74) is 0. The van der Waals surface area contributed by atoms with Gasteiger partial charge in [-0.15, -0.1) is 0 Å². The van der Waals surface area contributed by atoms with Gasteiger partial charge in [-0.1, -0.05) is 0 Å². The molecule has 2 amide bonds. The van der Waals surface area contributed by atoms with Crippen LogP contribution in [0, 0.1) is 0 Å². The molecule has 0 radical (unpaired) electrons. The molecular weight excluding hydrogens is 276 g/mol. The molecule has 8 heteroatoms. The van der Waals surface area contributed by atoms with Crippen LogP contribution in [0.2, 0.25) is 0 Å². The summed E-state index contributed by atoms with van der Waals surface area (Å²) in [6.45, 7) is 1.98. The number of likely N-dealkylation sites (tertiary alicyclic amines) is 1. The second-order valence-electron chi connectivity index (χ2n) is 4.94. The lowest BCUT2D eigenvalue weighted by Crippen LogP contribution is -2.40. The van der Waals surface area contributed by atoms with Gasteiger partial charge in [-0.2, -0.15) is 0 Å². The molecule has 2 aliphatic rings. The molecular formula is C13H16N4O4. The molecule has 0 aromatic carbocycles. The van der Waals surface area contributed by atoms with Crippen LogP contribution in [0.25, 0.3) is 0 Å². The first-order chi connectivity index (χ1) is 10.2. The molecule has 0 spiro atoms. The van der Waals surface area contributed by atoms with Crippen molar-refractivity contribution in [3.8, 4) is 6.01 Å². The minimum absolute atomic E-state index is 0.0629. The van der Waals surface area contributed by atoms with E-state index in [0.717, 1.165) is 6.42 Å². The number of aromatic nitrogens is 2. The van der Waals surface area contributed by atoms with Gasteiger partial charge in [-0.3, -0.25) is 9.69 Å². The Labute approximate surface area is 121 Å². The van der Waals surface area contributed by atoms with Gasteiger partial charge in [-0.05, 0) is 6.07 Å². The van der Waals surface area contributed by atoms with Crippen molar-refractivity contribution in [2.24, 2.45) is 0 Å². The molecule has 1 atom stereocenters. The standard InChI is InChI=1S/C13H16N4O4/c18-11(9-17-6-7-20-13(17)19)16-5-2-10(8-16)21-12-14-3-1-4-15-12/h1,3-4,10H,2,5-9H2/t10-/m1/s1. The Bertz CT molecular complexity index is 524. The first-order valence-electron chi connectivity index (χ1n) is 6.85. The van der Waals surface area contributed by atoms with Gasteiger partial charge < -0.3 is 14.4 Å². The van der Waals surface area contributed by atoms with Crippen molar-refractivity contribution >= 4 is 12.0 Å². The number of amides is 2. The molecule has 0 N–H and O–H groups in total. The topological polar surface area (TPSA) is 84.9 Å². The monoisotopic (exact) mass is 292 g/mol. The highest BCUT2D eigenvalue weighted by Gasteiger charge is 2.31. The van der Waals surface area contributed by atoms with Crippen molar-refractivity contribution in [2.75, 3.05) is 32.8 Å². The summed E-state index contributed by atoms with van der Waals surface area (Å²) in [6, 6.07) is 2.03. The van der Waals surface area contributed by atoms with Crippen LogP contribution in [0.4, 0.5) is 4.79 Å². The Balaban J connectivity index is 1.50. The first-order valence-corrected chi connectivity index (χ1v) is 6.85. The fourth-order valence-electron chi connectivity index (χ4n) is 2.38. The van der Waals surface area contributed by atoms with Gasteiger partial charge in [0.2, 0.25) is 5.91 Å². The lowest BCUT2D eigenvalue weighted by atomic mass is 10.3. The zero-order valence-electron chi connectivity index (χ0n) is 11.5. The van der Waals surface area contributed by atoms with Crippen LogP contribution in [0.15, 0.2) is 18.5 Å². The van der Waals surface area contributed by atoms with Gasteiger partial charge in [0.25, 0.3) is 0 Å². The van der Waals surface area contributed by atoms with Crippen LogP contribution in [-0.2, 0) is 9.53 Å². The summed E-state index contributed by atoms with van der Waals surface area (Å²) < 4.78 is 10.4. The minimum atomic E-state index is -0.423. The highest BCUT2D eigenvalue weighted by Crippen LogP contribution is 2.15. The number of ether oxygens (including phenoxy) is 2. The molecule has 8 nitrogen and oxygen atoms in total. The summed E-state index contributed by atoms with van der Waals surface area (Å²) >= 11 is 0. The summed E-state index contributed by atoms with van der Waals surface area (Å²) in [5.74, 6) is -0.0890. The third-order valence-corrected chi connectivity index (χ3v) is 3.48. The van der Waals surface area contributed by atoms with Crippen LogP contribution in [-0.4, -0.2) is 70.7 Å². The van der Waals surface area contributed by atoms with Crippen molar-refractivity contribution in [3.63, 3.8) is 0 Å². The van der Waals surface area contributed by atoms with Crippen LogP contribution in [0.1, 0.15) is 6.42 Å². The second-order valence-corrected chi connectivity index (χ2v) is 4.94. The Hall–Kier alpha value is -2.38. The quantitative estimate of drug-likeness (QED) is 0.771. The Morgan fingerprint density at radius 1 is 1.38 bits per heavy atom. The molecule has 21 heavy (non-hydrogen) atoms. The number of hydrogen-bond donors (Lipinski definition) is 0. The molecule has 2 aliphatic heterocycles. The van der Waals surface area contributed by atoms with E-state index in [1.807, 2.05) is 0 Å². The number of rotatable bonds is 4. The normalized spacial score (nSPS) is 21.5. The molecule has 1 aromatic heterocycles. The molecule has 112 valence electrons. The summed E-state index contributed by atoms with van der Waals surface area (Å²) in [5, 5.41) is 0. The Morgan fingerprint density at radius 3 is 2.90 bits per heavy atom. The van der Waals surface area contributed by atoms with Gasteiger partial charge in [0.1, 0.15) is 19.3 Å². The fraction of sp³-hybridized carbons (Fsp3) is 0.538. The van der Waals surface area contributed by atoms with Gasteiger partial charge in [0.15, 0.2) is 0 Å². The molecule has 1 aromatic rings. The van der Waals surface area contributed by atoms with E-state index in [9.17, 15) is 9.59 Å². The maximum Gasteiger partial charge on any atom is 0.410 e. The molecule has 3 rings (SSSR count). The largest absolute Gasteiger partial charge is 0.458 e. The highest BCUT2D eigenvalue weighted by molar-refractivity contribution is 5.83. The van der Waals surface area contributed by atoms with E-state index in [1.54, 1.807) is 23.4 Å². The van der Waals surface area contributed by atoms with Crippen molar-refractivity contribution in [2.45, 2.75) is 12.5 Å². The smallest absolute Gasteiger partial charge is 0.410 e. The summed E-state index contributed by atoms with van der Waals surface area (Å²) in [7, 11) is 0. The second kappa shape index (κ2) is 5.94. The molecule has 2 fully saturated rings. The Kier molecular flexibility index (Phi) is 3.85. The third kappa shape index (κ3) is 3.21. The van der Waals surface area contributed by atoms with Gasteiger partial charge in [0.05, 0.1) is 13.1 Å². The Morgan fingerprint density at radius 2 is 2.19 bits per heavy atom. The highest BCUT2D eigenvalue weighted by atomic mass is 16.6. The lowest BCUT2D eigenvalue weighted by Gasteiger charge is -2.19. The number of cyclic esters (lactones) is 1. The maximum absolute atomic E-state index is 12.1. The number of hydrogen-bond acceptors (Lipinski definition) is 6. The predicted molar refractivity (Wildman–Crippen MR) is 70.6 cm³/mol. The van der Waals surface area contributed by atoms with Crippen LogP contribution in [0.3, 0.4) is 0 Å². The van der Waals surface area contributed by atoms with E-state index in [4.69, 9.17) is 9.47 Å². The SMILES string of the molecule is O=C(CN1CCOC1=O)N1CC[C@@H](Oc2ncccn2)C1. The maximum atomic E-state index is 12.1. The van der Waals surface area contributed by atoms with E-state index in [2.05, 4.69) is 9.97 Å². The van der Waals surface area contributed by atoms with Crippen LogP contribution < -0.4 is 4.74 Å². The summed E-state index contributed by atoms with van der Waals surface area (Å²) in [4.78, 5) is 34.6. The van der Waals surface area contributed by atoms with Crippen LogP contribution >= 0.6 is 0 Å². The van der Waals surface area contributed by atoms with Gasteiger partial charge in [0, 0.05) is 25.4 Å². The van der Waals surface area contributed by atoms with E-state index < -0.39 is 6.09 Å². The number of nitrogens with zero attached hydrogens (tertiary/aromatic N) is 4. The summed E-state index contributed by atoms with van der Waals surface area (Å²) in [6.07, 6.45) is 3.42. The van der Waals surface area contributed by atoms with Crippen molar-refractivity contribution in [1.82, 2.24) is 19.8 Å². The number of carbonyl (C=O) groups excluding carboxylic acids is 2. The average Bonchev–Trinajstić information content (AvgIpc) is 3.10. The number of carbonyl (C=O) groups is 2. The first kappa shape index (κ1) is 13.6. The van der Waals surface area contributed by atoms with Gasteiger partial charge in [-0.25, -0.2) is 14.8 Å². The van der Waals surface area contributed by atoms with Gasteiger partial charge >= 0.3 is 12.1 Å². The molecule has 0 unspecified atom stereocenters. The predicted octanol–water partition coefficient (Wildman–Crippen LogP) is -0.0915. The van der Waals surface area contributed by atoms with E-state index in [1.165, 1.54) is 4.90 Å². The van der Waals surface area contributed by atoms with Crippen molar-refractivity contribution < 1.29 is 19.1 Å². The minimum Gasteiger partial charge on any atom is -0.458 e. The molecule has 2 saturated heterocycles. The molecule has 0 aliphatic carbocycles. The lowest BCUT2D eigenvalue weighted by molar-refractivity contribution is -0.130. The van der Waals surface area contributed by atoms with Crippen LogP contribution in [0.5, 0.6) is 6.01 Å². The van der Waals surface area contributed by atoms with E-state index >= 15 is 0 Å². The fourth-order valence-corrected chi connectivity index (χ4v) is 2.38. The molecule has 3 heterocycles. The molecule has 0 bridgehead atoms. The zero-order chi connectivity index (χ0) is 14.7. The van der Waals surface area contributed by atoms with Crippen molar-refractivity contribution in [1.29, 1.82) is 0 Å². The average molecular weight is 292 g/mol.